The number of rotatable bonds is 8. The van der Waals surface area contributed by atoms with Crippen molar-refractivity contribution < 1.29 is 4.79 Å². The molecule has 0 aromatic carbocycles. The van der Waals surface area contributed by atoms with Crippen molar-refractivity contribution in [2.45, 2.75) is 46.1 Å². The first-order valence-electron chi connectivity index (χ1n) is 7.53. The Bertz CT molecular complexity index is 463. The monoisotopic (exact) mass is 309 g/mol. The fraction of sp³-hybridized carbons (Fsp3) is 0.625. The maximum atomic E-state index is 12.4. The molecule has 118 valence electrons. The van der Waals surface area contributed by atoms with Gasteiger partial charge in [0.2, 0.25) is 0 Å². The van der Waals surface area contributed by atoms with E-state index in [1.807, 2.05) is 26.0 Å². The molecule has 0 saturated heterocycles. The van der Waals surface area contributed by atoms with Crippen LogP contribution in [-0.2, 0) is 0 Å². The highest BCUT2D eigenvalue weighted by atomic mass is 32.2. The summed E-state index contributed by atoms with van der Waals surface area (Å²) in [5.74, 6) is 2.10. The molecule has 1 amide bonds. The molecule has 1 unspecified atom stereocenters. The van der Waals surface area contributed by atoms with E-state index in [-0.39, 0.29) is 11.9 Å². The molecule has 4 nitrogen and oxygen atoms in total. The minimum atomic E-state index is -0.0212. The van der Waals surface area contributed by atoms with Gasteiger partial charge in [0, 0.05) is 23.8 Å². The highest BCUT2D eigenvalue weighted by Gasteiger charge is 2.13. The topological polar surface area (TPSA) is 54.0 Å². The summed E-state index contributed by atoms with van der Waals surface area (Å²) in [4.78, 5) is 16.9. The molecule has 1 rings (SSSR count). The third-order valence-electron chi connectivity index (χ3n) is 3.19. The van der Waals surface area contributed by atoms with Crippen LogP contribution in [0.1, 0.15) is 56.1 Å². The molecule has 5 heteroatoms. The predicted octanol–water partition coefficient (Wildman–Crippen LogP) is 3.51. The average Bonchev–Trinajstić information content (AvgIpc) is 2.45. The zero-order valence-electron chi connectivity index (χ0n) is 13.7. The van der Waals surface area contributed by atoms with Gasteiger partial charge in [-0.2, -0.15) is 11.8 Å². The second-order valence-corrected chi connectivity index (χ2v) is 6.49. The van der Waals surface area contributed by atoms with E-state index in [0.29, 0.717) is 11.5 Å². The van der Waals surface area contributed by atoms with Crippen molar-refractivity contribution in [1.29, 1.82) is 0 Å². The summed E-state index contributed by atoms with van der Waals surface area (Å²) in [6.45, 7) is 9.03. The Morgan fingerprint density at radius 1 is 1.33 bits per heavy atom. The number of carbonyl (C=O) groups excluding carboxylic acids is 1. The standard InChI is InChI=1S/C16H27N3OS/c1-6-17-15-10-13(9-14(19-15)11(2)3)16(20)18-12(4)7-8-21-5/h9-12H,6-8H2,1-5H3,(H,17,19)(H,18,20). The van der Waals surface area contributed by atoms with Crippen LogP contribution in [0.5, 0.6) is 0 Å². The number of nitrogens with one attached hydrogen (secondary N) is 2. The molecular formula is C16H27N3OS. The van der Waals surface area contributed by atoms with Crippen LogP contribution in [0.2, 0.25) is 0 Å². The average molecular weight is 309 g/mol. The summed E-state index contributed by atoms with van der Waals surface area (Å²) in [5.41, 5.74) is 1.62. The van der Waals surface area contributed by atoms with Crippen molar-refractivity contribution in [1.82, 2.24) is 10.3 Å². The van der Waals surface area contributed by atoms with Gasteiger partial charge in [-0.15, -0.1) is 0 Å². The first kappa shape index (κ1) is 17.8. The van der Waals surface area contributed by atoms with Gasteiger partial charge < -0.3 is 10.6 Å². The lowest BCUT2D eigenvalue weighted by atomic mass is 10.1. The van der Waals surface area contributed by atoms with Crippen LogP contribution in [0.15, 0.2) is 12.1 Å². The number of carbonyl (C=O) groups is 1. The molecule has 0 saturated carbocycles. The van der Waals surface area contributed by atoms with Gasteiger partial charge in [0.05, 0.1) is 0 Å². The Balaban J connectivity index is 2.86. The number of anilines is 1. The maximum absolute atomic E-state index is 12.4. The summed E-state index contributed by atoms with van der Waals surface area (Å²) in [7, 11) is 0. The highest BCUT2D eigenvalue weighted by molar-refractivity contribution is 7.98. The van der Waals surface area contributed by atoms with Crippen molar-refractivity contribution >= 4 is 23.5 Å². The van der Waals surface area contributed by atoms with Gasteiger partial charge in [-0.1, -0.05) is 13.8 Å². The summed E-state index contributed by atoms with van der Waals surface area (Å²) in [5, 5.41) is 6.25. The molecule has 0 fully saturated rings. The normalized spacial score (nSPS) is 12.3. The van der Waals surface area contributed by atoms with Crippen molar-refractivity contribution in [3.05, 3.63) is 23.4 Å². The number of thioether (sulfide) groups is 1. The van der Waals surface area contributed by atoms with Crippen LogP contribution in [-0.4, -0.2) is 35.5 Å². The van der Waals surface area contributed by atoms with Crippen LogP contribution in [0.3, 0.4) is 0 Å². The lowest BCUT2D eigenvalue weighted by Gasteiger charge is -2.15. The summed E-state index contributed by atoms with van der Waals surface area (Å²) in [6, 6.07) is 3.90. The Morgan fingerprint density at radius 2 is 2.05 bits per heavy atom. The number of pyridine rings is 1. The van der Waals surface area contributed by atoms with Gasteiger partial charge in [0.25, 0.3) is 5.91 Å². The van der Waals surface area contributed by atoms with Gasteiger partial charge >= 0.3 is 0 Å². The van der Waals surface area contributed by atoms with Crippen LogP contribution >= 0.6 is 11.8 Å². The fourth-order valence-corrected chi connectivity index (χ4v) is 2.51. The van der Waals surface area contributed by atoms with E-state index >= 15 is 0 Å². The van der Waals surface area contributed by atoms with Crippen molar-refractivity contribution in [3.63, 3.8) is 0 Å². The second kappa shape index (κ2) is 8.93. The SMILES string of the molecule is CCNc1cc(C(=O)NC(C)CCSC)cc(C(C)C)n1. The van der Waals surface area contributed by atoms with Crippen LogP contribution in [0.4, 0.5) is 5.82 Å². The van der Waals surface area contributed by atoms with E-state index in [2.05, 4.69) is 35.7 Å². The number of aromatic nitrogens is 1. The molecule has 0 bridgehead atoms. The predicted molar refractivity (Wildman–Crippen MR) is 92.4 cm³/mol. The summed E-state index contributed by atoms with van der Waals surface area (Å²) in [6.07, 6.45) is 3.06. The Hall–Kier alpha value is -1.23. The maximum Gasteiger partial charge on any atom is 0.251 e. The largest absolute Gasteiger partial charge is 0.370 e. The van der Waals surface area contributed by atoms with Gasteiger partial charge in [-0.25, -0.2) is 4.98 Å². The molecule has 0 aliphatic carbocycles. The van der Waals surface area contributed by atoms with Crippen LogP contribution < -0.4 is 10.6 Å². The molecule has 1 atom stereocenters. The molecule has 1 aromatic rings. The number of amides is 1. The molecule has 1 aromatic heterocycles. The summed E-state index contributed by atoms with van der Waals surface area (Å²) < 4.78 is 0. The second-order valence-electron chi connectivity index (χ2n) is 5.51. The molecule has 2 N–H and O–H groups in total. The van der Waals surface area contributed by atoms with Crippen molar-refractivity contribution in [3.8, 4) is 0 Å². The zero-order chi connectivity index (χ0) is 15.8. The zero-order valence-corrected chi connectivity index (χ0v) is 14.5. The molecule has 0 spiro atoms. The highest BCUT2D eigenvalue weighted by Crippen LogP contribution is 2.18. The van der Waals surface area contributed by atoms with E-state index in [1.54, 1.807) is 11.8 Å². The Labute approximate surface area is 132 Å². The number of hydrogen-bond donors (Lipinski definition) is 2. The summed E-state index contributed by atoms with van der Waals surface area (Å²) >= 11 is 1.80. The minimum Gasteiger partial charge on any atom is -0.370 e. The van der Waals surface area contributed by atoms with Crippen LogP contribution in [0.25, 0.3) is 0 Å². The Kier molecular flexibility index (Phi) is 7.57. The van der Waals surface area contributed by atoms with Gasteiger partial charge in [-0.3, -0.25) is 4.79 Å². The van der Waals surface area contributed by atoms with Gasteiger partial charge in [0.15, 0.2) is 0 Å². The minimum absolute atomic E-state index is 0.0212. The lowest BCUT2D eigenvalue weighted by Crippen LogP contribution is -2.33. The number of hydrogen-bond acceptors (Lipinski definition) is 4. The van der Waals surface area contributed by atoms with E-state index in [1.165, 1.54) is 0 Å². The van der Waals surface area contributed by atoms with Crippen LogP contribution in [0, 0.1) is 0 Å². The molecule has 0 radical (unpaired) electrons. The lowest BCUT2D eigenvalue weighted by molar-refractivity contribution is 0.0939. The van der Waals surface area contributed by atoms with Gasteiger partial charge in [0.1, 0.15) is 5.82 Å². The van der Waals surface area contributed by atoms with E-state index < -0.39 is 0 Å². The van der Waals surface area contributed by atoms with E-state index in [4.69, 9.17) is 0 Å². The molecule has 0 aliphatic heterocycles. The molecule has 0 aliphatic rings. The van der Waals surface area contributed by atoms with Gasteiger partial charge in [-0.05, 0) is 50.3 Å². The van der Waals surface area contributed by atoms with Crippen molar-refractivity contribution in [2.24, 2.45) is 0 Å². The third kappa shape index (κ3) is 5.96. The smallest absolute Gasteiger partial charge is 0.251 e. The van der Waals surface area contributed by atoms with E-state index in [9.17, 15) is 4.79 Å². The molecule has 1 heterocycles. The fourth-order valence-electron chi connectivity index (χ4n) is 1.92. The van der Waals surface area contributed by atoms with Crippen molar-refractivity contribution in [2.75, 3.05) is 23.9 Å². The molecular weight excluding hydrogens is 282 g/mol. The first-order chi connectivity index (χ1) is 9.97. The number of nitrogens with zero attached hydrogens (tertiary/aromatic N) is 1. The first-order valence-corrected chi connectivity index (χ1v) is 8.93. The quantitative estimate of drug-likeness (QED) is 0.771. The molecule has 21 heavy (non-hydrogen) atoms. The third-order valence-corrected chi connectivity index (χ3v) is 3.83. The Morgan fingerprint density at radius 3 is 2.62 bits per heavy atom. The van der Waals surface area contributed by atoms with E-state index in [0.717, 1.165) is 30.2 Å².